The maximum Gasteiger partial charge on any atom is 0.307 e. The highest BCUT2D eigenvalue weighted by Gasteiger charge is 2.09. The van der Waals surface area contributed by atoms with Crippen LogP contribution in [-0.4, -0.2) is 17.7 Å². The first-order valence-electron chi connectivity index (χ1n) is 12.9. The van der Waals surface area contributed by atoms with Crippen molar-refractivity contribution in [1.29, 1.82) is 0 Å². The summed E-state index contributed by atoms with van der Waals surface area (Å²) in [6.45, 7) is 28.7. The largest absolute Gasteiger partial charge is 0.493 e. The average molecular weight is 487 g/mol. The molecule has 0 atom stereocenters. The molecule has 0 amide bonds. The van der Waals surface area contributed by atoms with Crippen LogP contribution in [0.4, 0.5) is 0 Å². The van der Waals surface area contributed by atoms with Gasteiger partial charge in [-0.3, -0.25) is 4.79 Å². The minimum atomic E-state index is -0.900. The highest BCUT2D eigenvalue weighted by molar-refractivity contribution is 5.76. The molecule has 0 heterocycles. The Morgan fingerprint density at radius 2 is 1.40 bits per heavy atom. The summed E-state index contributed by atoms with van der Waals surface area (Å²) in [5, 5.41) is 9.06. The molecule has 0 spiro atoms. The highest BCUT2D eigenvalue weighted by Crippen LogP contribution is 2.30. The van der Waals surface area contributed by atoms with Gasteiger partial charge in [-0.1, -0.05) is 99.6 Å². The van der Waals surface area contributed by atoms with Crippen molar-refractivity contribution < 1.29 is 19.4 Å². The van der Waals surface area contributed by atoms with Crippen molar-refractivity contribution in [2.24, 2.45) is 0 Å². The van der Waals surface area contributed by atoms with Crippen LogP contribution >= 0.6 is 0 Å². The summed E-state index contributed by atoms with van der Waals surface area (Å²) in [6.07, 6.45) is 2.02. The van der Waals surface area contributed by atoms with Gasteiger partial charge >= 0.3 is 5.97 Å². The van der Waals surface area contributed by atoms with Crippen molar-refractivity contribution in [3.05, 3.63) is 72.3 Å². The quantitative estimate of drug-likeness (QED) is 0.358. The normalized spacial score (nSPS) is 8.63. The van der Waals surface area contributed by atoms with E-state index in [4.69, 9.17) is 14.6 Å². The number of aliphatic carboxylic acids is 1. The number of carbonyl (C=O) groups is 1. The topological polar surface area (TPSA) is 55.8 Å². The number of hydrogen-bond donors (Lipinski definition) is 1. The Kier molecular flexibility index (Phi) is 25.2. The van der Waals surface area contributed by atoms with Gasteiger partial charge < -0.3 is 14.6 Å². The van der Waals surface area contributed by atoms with Crippen molar-refractivity contribution in [3.8, 4) is 17.2 Å². The molecule has 0 unspecified atom stereocenters. The summed E-state index contributed by atoms with van der Waals surface area (Å²) in [7, 11) is 0. The van der Waals surface area contributed by atoms with Gasteiger partial charge in [0.05, 0.1) is 13.0 Å². The second-order valence-electron chi connectivity index (χ2n) is 6.83. The summed E-state index contributed by atoms with van der Waals surface area (Å²) < 4.78 is 11.6. The molecule has 0 saturated carbocycles. The van der Waals surface area contributed by atoms with Gasteiger partial charge in [0.25, 0.3) is 0 Å². The van der Waals surface area contributed by atoms with Gasteiger partial charge in [0.15, 0.2) is 0 Å². The van der Waals surface area contributed by atoms with Crippen molar-refractivity contribution in [2.75, 3.05) is 6.61 Å². The molecule has 198 valence electrons. The standard InChI is InChI=1S/C22H24O4.C3H8.3C2H6/c1-5-9-25-20-10-17(12-22(23)24)11-21(14-20)26-19-8-6-7-18(13-19)16(4)15(2)3;1-3-2;3*1-2/h6-8,10-11,13-14H,2,4-5,9,12H2,1,3H3,(H,23,24);3H2,1-2H3;3*1-2H3. The predicted octanol–water partition coefficient (Wildman–Crippen LogP) is 9.98. The lowest BCUT2D eigenvalue weighted by molar-refractivity contribution is -0.136. The van der Waals surface area contributed by atoms with E-state index in [1.54, 1.807) is 18.2 Å². The fourth-order valence-electron chi connectivity index (χ4n) is 2.40. The lowest BCUT2D eigenvalue weighted by atomic mass is 10.0. The van der Waals surface area contributed by atoms with Gasteiger partial charge in [-0.15, -0.1) is 0 Å². The van der Waals surface area contributed by atoms with Gasteiger partial charge in [0.2, 0.25) is 0 Å². The molecule has 4 heteroatoms. The van der Waals surface area contributed by atoms with Crippen LogP contribution in [0.2, 0.25) is 0 Å². The first-order valence-corrected chi connectivity index (χ1v) is 12.9. The van der Waals surface area contributed by atoms with Gasteiger partial charge in [-0.05, 0) is 54.3 Å². The van der Waals surface area contributed by atoms with Gasteiger partial charge in [-0.2, -0.15) is 0 Å². The van der Waals surface area contributed by atoms with Crippen LogP contribution in [0.15, 0.2) is 61.2 Å². The summed E-state index contributed by atoms with van der Waals surface area (Å²) in [5.41, 5.74) is 3.30. The average Bonchev–Trinajstić information content (AvgIpc) is 2.86. The number of rotatable bonds is 9. The molecule has 1 N–H and O–H groups in total. The van der Waals surface area contributed by atoms with E-state index >= 15 is 0 Å². The number of hydrogen-bond acceptors (Lipinski definition) is 3. The van der Waals surface area contributed by atoms with E-state index in [0.717, 1.165) is 23.1 Å². The number of allylic oxidation sites excluding steroid dienone is 2. The van der Waals surface area contributed by atoms with E-state index in [2.05, 4.69) is 27.0 Å². The molecule has 0 fully saturated rings. The fraction of sp³-hybridized carbons (Fsp3) is 0.452. The Labute approximate surface area is 215 Å². The molecule has 0 bridgehead atoms. The molecule has 4 nitrogen and oxygen atoms in total. The van der Waals surface area contributed by atoms with E-state index in [0.29, 0.717) is 29.4 Å². The van der Waals surface area contributed by atoms with Crippen molar-refractivity contribution >= 4 is 11.5 Å². The molecule has 0 aromatic heterocycles. The zero-order valence-electron chi connectivity index (χ0n) is 24.0. The highest BCUT2D eigenvalue weighted by atomic mass is 16.5. The summed E-state index contributed by atoms with van der Waals surface area (Å²) in [6, 6.07) is 12.8. The molecule has 0 saturated heterocycles. The number of carboxylic acid groups (broad SMARTS) is 1. The van der Waals surface area contributed by atoms with Gasteiger partial charge in [0, 0.05) is 6.07 Å². The Morgan fingerprint density at radius 1 is 0.857 bits per heavy atom. The van der Waals surface area contributed by atoms with Crippen molar-refractivity contribution in [1.82, 2.24) is 0 Å². The zero-order valence-corrected chi connectivity index (χ0v) is 24.0. The zero-order chi connectivity index (χ0) is 27.8. The van der Waals surface area contributed by atoms with Crippen molar-refractivity contribution in [2.45, 2.75) is 88.5 Å². The van der Waals surface area contributed by atoms with E-state index in [1.165, 1.54) is 6.42 Å². The van der Waals surface area contributed by atoms with E-state index in [-0.39, 0.29) is 6.42 Å². The molecule has 2 aromatic carbocycles. The molecule has 0 aliphatic heterocycles. The number of benzene rings is 2. The molecule has 0 radical (unpaired) electrons. The van der Waals surface area contributed by atoms with E-state index < -0.39 is 5.97 Å². The van der Waals surface area contributed by atoms with Crippen LogP contribution in [0.1, 0.15) is 93.2 Å². The second kappa shape index (κ2) is 24.1. The molecular formula is C31H50O4. The van der Waals surface area contributed by atoms with Crippen molar-refractivity contribution in [3.63, 3.8) is 0 Å². The fourth-order valence-corrected chi connectivity index (χ4v) is 2.40. The summed E-state index contributed by atoms with van der Waals surface area (Å²) in [5.74, 6) is 0.873. The lowest BCUT2D eigenvalue weighted by Crippen LogP contribution is -2.02. The van der Waals surface area contributed by atoms with Crippen LogP contribution < -0.4 is 9.47 Å². The molecule has 2 aromatic rings. The van der Waals surface area contributed by atoms with E-state index in [9.17, 15) is 4.79 Å². The molecule has 0 aliphatic rings. The minimum absolute atomic E-state index is 0.0911. The molecule has 0 aliphatic carbocycles. The molecule has 2 rings (SSSR count). The van der Waals surface area contributed by atoms with Crippen LogP contribution in [-0.2, 0) is 11.2 Å². The second-order valence-corrected chi connectivity index (χ2v) is 6.83. The lowest BCUT2D eigenvalue weighted by Gasteiger charge is -2.12. The van der Waals surface area contributed by atoms with Crippen LogP contribution in [0.25, 0.3) is 5.57 Å². The van der Waals surface area contributed by atoms with Gasteiger partial charge in [-0.25, -0.2) is 0 Å². The number of ether oxygens (including phenoxy) is 2. The summed E-state index contributed by atoms with van der Waals surface area (Å²) >= 11 is 0. The Bertz CT molecular complexity index is 838. The van der Waals surface area contributed by atoms with Crippen LogP contribution in [0.5, 0.6) is 17.2 Å². The Morgan fingerprint density at radius 3 is 1.89 bits per heavy atom. The maximum atomic E-state index is 11.0. The minimum Gasteiger partial charge on any atom is -0.493 e. The third-order valence-electron chi connectivity index (χ3n) is 3.70. The number of carboxylic acids is 1. The van der Waals surface area contributed by atoms with E-state index in [1.807, 2.05) is 79.7 Å². The van der Waals surface area contributed by atoms with Gasteiger partial charge in [0.1, 0.15) is 17.2 Å². The first-order chi connectivity index (χ1) is 16.8. The molecule has 35 heavy (non-hydrogen) atoms. The maximum absolute atomic E-state index is 11.0. The first kappa shape index (κ1) is 36.6. The Balaban J connectivity index is -0.00000101. The molecular weight excluding hydrogens is 436 g/mol. The SMILES string of the molecule is C=C(C)C(=C)c1cccc(Oc2cc(CC(=O)O)cc(OCCC)c2)c1.CC.CC.CC.CCC. The third-order valence-corrected chi connectivity index (χ3v) is 3.70. The monoisotopic (exact) mass is 486 g/mol. The Hall–Kier alpha value is -3.01. The van der Waals surface area contributed by atoms with Crippen LogP contribution in [0.3, 0.4) is 0 Å². The summed E-state index contributed by atoms with van der Waals surface area (Å²) in [4.78, 5) is 11.0. The third kappa shape index (κ3) is 17.1. The van der Waals surface area contributed by atoms with Crippen LogP contribution in [0, 0.1) is 0 Å². The smallest absolute Gasteiger partial charge is 0.307 e. The predicted molar refractivity (Wildman–Crippen MR) is 154 cm³/mol.